The van der Waals surface area contributed by atoms with Crippen molar-refractivity contribution in [3.63, 3.8) is 0 Å². The van der Waals surface area contributed by atoms with Crippen molar-refractivity contribution < 1.29 is 9.59 Å². The molecule has 1 fully saturated rings. The number of hydrogen-bond donors (Lipinski definition) is 1. The highest BCUT2D eigenvalue weighted by Crippen LogP contribution is 2.25. The first-order valence-corrected chi connectivity index (χ1v) is 8.88. The summed E-state index contributed by atoms with van der Waals surface area (Å²) in [6.07, 6.45) is 4.76. The first-order valence-electron chi connectivity index (χ1n) is 7.49. The predicted molar refractivity (Wildman–Crippen MR) is 84.8 cm³/mol. The Morgan fingerprint density at radius 1 is 1.35 bits per heavy atom. The molecule has 1 aliphatic heterocycles. The van der Waals surface area contributed by atoms with E-state index in [0.29, 0.717) is 13.0 Å². The number of nitrogens with one attached hydrogen (secondary N) is 1. The fraction of sp³-hybridized carbons (Fsp3) is 0.867. The highest BCUT2D eigenvalue weighted by atomic mass is 32.2. The molecule has 4 nitrogen and oxygen atoms in total. The smallest absolute Gasteiger partial charge is 0.248 e. The molecule has 116 valence electrons. The number of carbonyl (C=O) groups excluding carboxylic acids is 2. The van der Waals surface area contributed by atoms with Crippen LogP contribution in [0.25, 0.3) is 0 Å². The lowest BCUT2D eigenvalue weighted by Gasteiger charge is -2.45. The summed E-state index contributed by atoms with van der Waals surface area (Å²) in [5.41, 5.74) is -0.734. The van der Waals surface area contributed by atoms with Crippen molar-refractivity contribution in [3.8, 4) is 0 Å². The average molecular weight is 300 g/mol. The van der Waals surface area contributed by atoms with Crippen molar-refractivity contribution in [1.82, 2.24) is 10.2 Å². The number of carbonyl (C=O) groups is 2. The van der Waals surface area contributed by atoms with E-state index >= 15 is 0 Å². The molecule has 0 aromatic carbocycles. The van der Waals surface area contributed by atoms with Gasteiger partial charge in [-0.15, -0.1) is 0 Å². The molecule has 0 radical (unpaired) electrons. The fourth-order valence-corrected chi connectivity index (χ4v) is 3.15. The quantitative estimate of drug-likeness (QED) is 0.734. The molecule has 1 N–H and O–H groups in total. The minimum atomic E-state index is -0.734. The van der Waals surface area contributed by atoms with Crippen LogP contribution in [-0.2, 0) is 9.59 Å². The third kappa shape index (κ3) is 3.68. The van der Waals surface area contributed by atoms with Crippen LogP contribution < -0.4 is 5.32 Å². The van der Waals surface area contributed by atoms with Crippen LogP contribution in [0.1, 0.15) is 47.0 Å². The minimum absolute atomic E-state index is 0.00573. The number of unbranched alkanes of at least 4 members (excludes halogenated alkanes) is 1. The van der Waals surface area contributed by atoms with Crippen LogP contribution in [0.5, 0.6) is 0 Å². The van der Waals surface area contributed by atoms with E-state index < -0.39 is 5.54 Å². The van der Waals surface area contributed by atoms with Gasteiger partial charge in [0, 0.05) is 6.54 Å². The van der Waals surface area contributed by atoms with E-state index in [2.05, 4.69) is 11.6 Å². The first-order chi connectivity index (χ1) is 9.37. The zero-order valence-electron chi connectivity index (χ0n) is 13.4. The topological polar surface area (TPSA) is 49.4 Å². The molecular weight excluding hydrogens is 272 g/mol. The van der Waals surface area contributed by atoms with E-state index in [4.69, 9.17) is 0 Å². The van der Waals surface area contributed by atoms with Gasteiger partial charge in [-0.3, -0.25) is 9.59 Å². The fourth-order valence-electron chi connectivity index (χ4n) is 2.66. The van der Waals surface area contributed by atoms with Gasteiger partial charge in [-0.1, -0.05) is 20.8 Å². The lowest BCUT2D eigenvalue weighted by Crippen LogP contribution is -2.70. The Labute approximate surface area is 127 Å². The van der Waals surface area contributed by atoms with Crippen LogP contribution in [0, 0.1) is 5.92 Å². The molecule has 0 bridgehead atoms. The molecule has 1 heterocycles. The van der Waals surface area contributed by atoms with E-state index in [1.54, 1.807) is 0 Å². The van der Waals surface area contributed by atoms with Crippen molar-refractivity contribution >= 4 is 23.6 Å². The maximum atomic E-state index is 12.7. The predicted octanol–water partition coefficient (Wildman–Crippen LogP) is 2.28. The molecule has 0 saturated carbocycles. The summed E-state index contributed by atoms with van der Waals surface area (Å²) in [4.78, 5) is 26.9. The van der Waals surface area contributed by atoms with Gasteiger partial charge in [0.15, 0.2) is 0 Å². The van der Waals surface area contributed by atoms with Crippen LogP contribution in [-0.4, -0.2) is 46.8 Å². The highest BCUT2D eigenvalue weighted by Gasteiger charge is 2.47. The van der Waals surface area contributed by atoms with Gasteiger partial charge < -0.3 is 10.2 Å². The third-order valence-corrected chi connectivity index (χ3v) is 4.77. The van der Waals surface area contributed by atoms with Gasteiger partial charge >= 0.3 is 0 Å². The molecule has 0 aromatic heterocycles. The SMILES string of the molecule is CCC1(C)NC(=O)C(C(C)C)N(CCCCSC)C1=O. The van der Waals surface area contributed by atoms with Crippen molar-refractivity contribution in [2.24, 2.45) is 5.92 Å². The van der Waals surface area contributed by atoms with Crippen LogP contribution in [0.15, 0.2) is 0 Å². The molecular formula is C15H28N2O2S. The number of thioether (sulfide) groups is 1. The molecule has 20 heavy (non-hydrogen) atoms. The monoisotopic (exact) mass is 300 g/mol. The van der Waals surface area contributed by atoms with E-state index in [9.17, 15) is 9.59 Å². The first kappa shape index (κ1) is 17.3. The van der Waals surface area contributed by atoms with Crippen LogP contribution in [0.3, 0.4) is 0 Å². The summed E-state index contributed by atoms with van der Waals surface area (Å²) < 4.78 is 0. The summed E-state index contributed by atoms with van der Waals surface area (Å²) >= 11 is 1.82. The summed E-state index contributed by atoms with van der Waals surface area (Å²) in [6, 6.07) is -0.323. The summed E-state index contributed by atoms with van der Waals surface area (Å²) in [5, 5.41) is 2.92. The normalized spacial score (nSPS) is 27.1. The molecule has 0 spiro atoms. The summed E-state index contributed by atoms with van der Waals surface area (Å²) in [5.74, 6) is 1.31. The van der Waals surface area contributed by atoms with Crippen LogP contribution in [0.2, 0.25) is 0 Å². The Hall–Kier alpha value is -0.710. The average Bonchev–Trinajstić information content (AvgIpc) is 2.39. The number of hydrogen-bond acceptors (Lipinski definition) is 3. The Kier molecular flexibility index (Phi) is 6.37. The summed E-state index contributed by atoms with van der Waals surface area (Å²) in [6.45, 7) is 8.46. The van der Waals surface area contributed by atoms with Gasteiger partial charge in [-0.2, -0.15) is 11.8 Å². The van der Waals surface area contributed by atoms with Crippen molar-refractivity contribution in [3.05, 3.63) is 0 Å². The molecule has 5 heteroatoms. The molecule has 1 rings (SSSR count). The third-order valence-electron chi connectivity index (χ3n) is 4.07. The maximum Gasteiger partial charge on any atom is 0.248 e. The molecule has 0 aromatic rings. The maximum absolute atomic E-state index is 12.7. The Balaban J connectivity index is 2.85. The molecule has 0 aliphatic carbocycles. The van der Waals surface area contributed by atoms with E-state index in [1.807, 2.05) is 44.4 Å². The van der Waals surface area contributed by atoms with Crippen LogP contribution in [0.4, 0.5) is 0 Å². The lowest BCUT2D eigenvalue weighted by molar-refractivity contribution is -0.156. The molecule has 2 unspecified atom stereocenters. The van der Waals surface area contributed by atoms with Gasteiger partial charge in [0.05, 0.1) is 0 Å². The second-order valence-corrected chi connectivity index (χ2v) is 7.05. The Morgan fingerprint density at radius 3 is 2.50 bits per heavy atom. The van der Waals surface area contributed by atoms with Gasteiger partial charge in [-0.05, 0) is 44.1 Å². The number of rotatable bonds is 7. The highest BCUT2D eigenvalue weighted by molar-refractivity contribution is 7.98. The molecule has 2 amide bonds. The summed E-state index contributed by atoms with van der Waals surface area (Å²) in [7, 11) is 0. The molecule has 1 saturated heterocycles. The van der Waals surface area contributed by atoms with Crippen LogP contribution >= 0.6 is 11.8 Å². The Morgan fingerprint density at radius 2 is 2.00 bits per heavy atom. The van der Waals surface area contributed by atoms with E-state index in [0.717, 1.165) is 18.6 Å². The number of piperazine rings is 1. The number of amides is 2. The molecule has 2 atom stereocenters. The van der Waals surface area contributed by atoms with Crippen molar-refractivity contribution in [2.75, 3.05) is 18.6 Å². The minimum Gasteiger partial charge on any atom is -0.340 e. The van der Waals surface area contributed by atoms with Gasteiger partial charge in [0.1, 0.15) is 11.6 Å². The van der Waals surface area contributed by atoms with E-state index in [1.165, 1.54) is 0 Å². The lowest BCUT2D eigenvalue weighted by atomic mass is 9.88. The zero-order valence-corrected chi connectivity index (χ0v) is 14.2. The van der Waals surface area contributed by atoms with Gasteiger partial charge in [0.25, 0.3) is 0 Å². The second kappa shape index (κ2) is 7.34. The second-order valence-electron chi connectivity index (χ2n) is 6.06. The number of nitrogens with zero attached hydrogens (tertiary/aromatic N) is 1. The molecule has 1 aliphatic rings. The largest absolute Gasteiger partial charge is 0.340 e. The zero-order chi connectivity index (χ0) is 15.3. The van der Waals surface area contributed by atoms with Crippen molar-refractivity contribution in [2.45, 2.75) is 58.5 Å². The van der Waals surface area contributed by atoms with E-state index in [-0.39, 0.29) is 23.8 Å². The van der Waals surface area contributed by atoms with Gasteiger partial charge in [-0.25, -0.2) is 0 Å². The van der Waals surface area contributed by atoms with Crippen molar-refractivity contribution in [1.29, 1.82) is 0 Å². The standard InChI is InChI=1S/C15H28N2O2S/c1-6-15(4)14(19)17(9-7-8-10-20-5)12(11(2)3)13(18)16-15/h11-12H,6-10H2,1-5H3,(H,16,18). The Bertz CT molecular complexity index is 360. The van der Waals surface area contributed by atoms with Gasteiger partial charge in [0.2, 0.25) is 11.8 Å².